The third kappa shape index (κ3) is 5.79. The molecule has 12 heteroatoms. The molecule has 0 spiro atoms. The molecular formula is C19H27N3O7S2. The van der Waals surface area contributed by atoms with Gasteiger partial charge in [-0.05, 0) is 6.07 Å². The molecule has 2 aromatic rings. The Hall–Kier alpha value is -2.54. The van der Waals surface area contributed by atoms with Crippen molar-refractivity contribution in [3.8, 4) is 28.7 Å². The fourth-order valence-corrected chi connectivity index (χ4v) is 3.48. The lowest BCUT2D eigenvalue weighted by molar-refractivity contribution is -0.385. The van der Waals surface area contributed by atoms with Crippen molar-refractivity contribution >= 4 is 30.9 Å². The standard InChI is InChI=1S/C10H15NO3S.C9H12N2O4S/c1-12-7-4-8(15)6(5-11)9(13-2)10(7)14-3;1-14-7-3-6(11(12)13)5(4-10)9(16)8(7)15-2/h4,15H,5,11H2,1-3H3;3,16H,4,10H2,1-2H3. The van der Waals surface area contributed by atoms with Crippen LogP contribution in [-0.2, 0) is 13.1 Å². The number of hydrogen-bond donors (Lipinski definition) is 4. The van der Waals surface area contributed by atoms with Crippen LogP contribution in [0, 0.1) is 10.1 Å². The van der Waals surface area contributed by atoms with E-state index in [0.29, 0.717) is 40.0 Å². The second-order valence-electron chi connectivity index (χ2n) is 5.77. The second-order valence-corrected chi connectivity index (χ2v) is 6.70. The predicted molar refractivity (Wildman–Crippen MR) is 123 cm³/mol. The molecule has 2 rings (SSSR count). The fraction of sp³-hybridized carbons (Fsp3) is 0.368. The SMILES string of the molecule is COc1cc(S)c(CN)c(OC)c1OC.COc1cc([N+](=O)[O-])c(CN)c(S)c1OC. The summed E-state index contributed by atoms with van der Waals surface area (Å²) in [4.78, 5) is 11.4. The van der Waals surface area contributed by atoms with E-state index in [1.165, 1.54) is 20.3 Å². The Morgan fingerprint density at radius 2 is 1.29 bits per heavy atom. The van der Waals surface area contributed by atoms with Gasteiger partial charge in [0.1, 0.15) is 0 Å². The maximum Gasteiger partial charge on any atom is 0.278 e. The maximum atomic E-state index is 10.8. The molecule has 172 valence electrons. The van der Waals surface area contributed by atoms with Gasteiger partial charge in [-0.1, -0.05) is 0 Å². The van der Waals surface area contributed by atoms with E-state index in [1.807, 2.05) is 0 Å². The Morgan fingerprint density at radius 3 is 1.68 bits per heavy atom. The molecule has 0 amide bonds. The first-order valence-corrected chi connectivity index (χ1v) is 9.67. The number of nitro benzene ring substituents is 1. The molecule has 0 saturated carbocycles. The summed E-state index contributed by atoms with van der Waals surface area (Å²) >= 11 is 8.49. The molecule has 0 aliphatic heterocycles. The predicted octanol–water partition coefficient (Wildman–Crippen LogP) is 2.82. The van der Waals surface area contributed by atoms with Gasteiger partial charge in [0.15, 0.2) is 23.0 Å². The quantitative estimate of drug-likeness (QED) is 0.259. The molecule has 2 aromatic carbocycles. The first-order valence-electron chi connectivity index (χ1n) is 8.78. The number of rotatable bonds is 8. The third-order valence-electron chi connectivity index (χ3n) is 4.24. The van der Waals surface area contributed by atoms with Gasteiger partial charge >= 0.3 is 0 Å². The van der Waals surface area contributed by atoms with Crippen LogP contribution in [0.2, 0.25) is 0 Å². The number of hydrogen-bond acceptors (Lipinski definition) is 11. The van der Waals surface area contributed by atoms with Crippen LogP contribution in [0.1, 0.15) is 11.1 Å². The van der Waals surface area contributed by atoms with Gasteiger partial charge in [-0.25, -0.2) is 0 Å². The summed E-state index contributed by atoms with van der Waals surface area (Å²) in [6.45, 7) is 0.345. The minimum absolute atomic E-state index is 0.00943. The Bertz CT molecular complexity index is 926. The first kappa shape index (κ1) is 26.5. The summed E-state index contributed by atoms with van der Waals surface area (Å²) in [7, 11) is 7.51. The topological polar surface area (TPSA) is 141 Å². The Morgan fingerprint density at radius 1 is 0.806 bits per heavy atom. The lowest BCUT2D eigenvalue weighted by Crippen LogP contribution is -2.05. The highest BCUT2D eigenvalue weighted by molar-refractivity contribution is 7.80. The van der Waals surface area contributed by atoms with Crippen LogP contribution in [0.15, 0.2) is 21.9 Å². The normalized spacial score (nSPS) is 9.97. The number of nitrogens with zero attached hydrogens (tertiary/aromatic N) is 1. The molecule has 0 unspecified atom stereocenters. The molecule has 4 N–H and O–H groups in total. The van der Waals surface area contributed by atoms with Crippen LogP contribution in [0.4, 0.5) is 5.69 Å². The molecule has 0 aliphatic carbocycles. The van der Waals surface area contributed by atoms with Crippen molar-refractivity contribution in [2.24, 2.45) is 11.5 Å². The average Bonchev–Trinajstić information content (AvgIpc) is 2.77. The zero-order valence-electron chi connectivity index (χ0n) is 17.9. The van der Waals surface area contributed by atoms with E-state index in [0.717, 1.165) is 10.5 Å². The highest BCUT2D eigenvalue weighted by Gasteiger charge is 2.23. The van der Waals surface area contributed by atoms with Gasteiger partial charge in [-0.2, -0.15) is 0 Å². The number of nitro groups is 1. The van der Waals surface area contributed by atoms with Gasteiger partial charge in [0.25, 0.3) is 5.69 Å². The molecule has 0 bridgehead atoms. The van der Waals surface area contributed by atoms with Gasteiger partial charge in [-0.3, -0.25) is 10.1 Å². The lowest BCUT2D eigenvalue weighted by atomic mass is 10.1. The van der Waals surface area contributed by atoms with Crippen LogP contribution in [0.3, 0.4) is 0 Å². The zero-order valence-corrected chi connectivity index (χ0v) is 19.7. The first-order chi connectivity index (χ1) is 14.7. The van der Waals surface area contributed by atoms with E-state index in [2.05, 4.69) is 25.3 Å². The molecule has 0 heterocycles. The largest absolute Gasteiger partial charge is 0.493 e. The minimum Gasteiger partial charge on any atom is -0.493 e. The molecule has 0 radical (unpaired) electrons. The number of thiol groups is 2. The molecule has 31 heavy (non-hydrogen) atoms. The molecule has 0 aliphatic rings. The van der Waals surface area contributed by atoms with E-state index in [-0.39, 0.29) is 18.0 Å². The van der Waals surface area contributed by atoms with E-state index in [9.17, 15) is 10.1 Å². The smallest absolute Gasteiger partial charge is 0.278 e. The summed E-state index contributed by atoms with van der Waals surface area (Å²) in [5.74, 6) is 2.30. The van der Waals surface area contributed by atoms with Crippen molar-refractivity contribution in [1.82, 2.24) is 0 Å². The minimum atomic E-state index is -0.524. The monoisotopic (exact) mass is 473 g/mol. The van der Waals surface area contributed by atoms with Gasteiger partial charge in [-0.15, -0.1) is 25.3 Å². The Balaban J connectivity index is 0.000000311. The van der Waals surface area contributed by atoms with E-state index in [4.69, 9.17) is 35.2 Å². The summed E-state index contributed by atoms with van der Waals surface area (Å²) in [5.41, 5.74) is 12.1. The van der Waals surface area contributed by atoms with Gasteiger partial charge in [0, 0.05) is 23.5 Å². The van der Waals surface area contributed by atoms with Crippen molar-refractivity contribution in [2.45, 2.75) is 22.9 Å². The lowest BCUT2D eigenvalue weighted by Gasteiger charge is -2.16. The van der Waals surface area contributed by atoms with Crippen molar-refractivity contribution in [1.29, 1.82) is 0 Å². The molecule has 0 atom stereocenters. The molecule has 0 aromatic heterocycles. The molecule has 0 saturated heterocycles. The van der Waals surface area contributed by atoms with Crippen molar-refractivity contribution in [3.05, 3.63) is 33.4 Å². The number of benzene rings is 2. The van der Waals surface area contributed by atoms with Crippen molar-refractivity contribution < 1.29 is 28.6 Å². The van der Waals surface area contributed by atoms with Crippen LogP contribution in [0.5, 0.6) is 28.7 Å². The summed E-state index contributed by atoms with van der Waals surface area (Å²) in [6, 6.07) is 3.04. The number of methoxy groups -OCH3 is 5. The summed E-state index contributed by atoms with van der Waals surface area (Å²) in [6.07, 6.45) is 0. The summed E-state index contributed by atoms with van der Waals surface area (Å²) < 4.78 is 25.7. The highest BCUT2D eigenvalue weighted by atomic mass is 32.1. The average molecular weight is 474 g/mol. The fourth-order valence-electron chi connectivity index (χ4n) is 2.77. The van der Waals surface area contributed by atoms with Crippen LogP contribution in [-0.4, -0.2) is 40.5 Å². The van der Waals surface area contributed by atoms with Crippen LogP contribution < -0.4 is 35.2 Å². The van der Waals surface area contributed by atoms with E-state index >= 15 is 0 Å². The zero-order chi connectivity index (χ0) is 23.7. The molecular weight excluding hydrogens is 446 g/mol. The second kappa shape index (κ2) is 12.3. The van der Waals surface area contributed by atoms with Gasteiger partial charge < -0.3 is 35.2 Å². The van der Waals surface area contributed by atoms with E-state index in [1.54, 1.807) is 27.4 Å². The molecule has 0 fully saturated rings. The number of nitrogens with two attached hydrogens (primary N) is 2. The maximum absolute atomic E-state index is 10.8. The van der Waals surface area contributed by atoms with Crippen LogP contribution >= 0.6 is 25.3 Å². The van der Waals surface area contributed by atoms with Crippen LogP contribution in [0.25, 0.3) is 0 Å². The third-order valence-corrected chi connectivity index (χ3v) is 5.11. The highest BCUT2D eigenvalue weighted by Crippen LogP contribution is 2.43. The summed E-state index contributed by atoms with van der Waals surface area (Å²) in [5, 5.41) is 10.8. The Labute approximate surface area is 191 Å². The van der Waals surface area contributed by atoms with Crippen molar-refractivity contribution in [3.63, 3.8) is 0 Å². The molecule has 10 nitrogen and oxygen atoms in total. The van der Waals surface area contributed by atoms with Gasteiger partial charge in [0.2, 0.25) is 5.75 Å². The van der Waals surface area contributed by atoms with E-state index < -0.39 is 4.92 Å². The number of ether oxygens (including phenoxy) is 5. The van der Waals surface area contributed by atoms with Gasteiger partial charge in [0.05, 0.1) is 57.0 Å². The van der Waals surface area contributed by atoms with Crippen molar-refractivity contribution in [2.75, 3.05) is 35.5 Å². The Kier molecular flexibility index (Phi) is 10.6.